The summed E-state index contributed by atoms with van der Waals surface area (Å²) in [5, 5.41) is 6.80. The van der Waals surface area contributed by atoms with Gasteiger partial charge in [-0.2, -0.15) is 18.3 Å². The molecule has 0 saturated heterocycles. The van der Waals surface area contributed by atoms with Crippen LogP contribution in [0.5, 0.6) is 0 Å². The van der Waals surface area contributed by atoms with E-state index in [0.29, 0.717) is 11.4 Å². The summed E-state index contributed by atoms with van der Waals surface area (Å²) in [6.07, 6.45) is -1.78. The van der Waals surface area contributed by atoms with Gasteiger partial charge in [-0.15, -0.1) is 0 Å². The SMILES string of the molecule is C[C@H]1CN(c2ccc(C(F)(F)F)cc2)C(=O)c2c(NC(=O)c3ccc(N)cn3)cnn21. The van der Waals surface area contributed by atoms with Crippen LogP contribution in [0.4, 0.5) is 30.2 Å². The molecule has 0 bridgehead atoms. The first-order chi connectivity index (χ1) is 14.6. The second kappa shape index (κ2) is 7.42. The van der Waals surface area contributed by atoms with E-state index < -0.39 is 23.6 Å². The largest absolute Gasteiger partial charge is 0.416 e. The Bertz CT molecular complexity index is 1140. The predicted molar refractivity (Wildman–Crippen MR) is 107 cm³/mol. The number of fused-ring (bicyclic) bond motifs is 1. The summed E-state index contributed by atoms with van der Waals surface area (Å²) in [5.41, 5.74) is 5.89. The van der Waals surface area contributed by atoms with Crippen LogP contribution in [-0.2, 0) is 6.18 Å². The zero-order chi connectivity index (χ0) is 22.3. The van der Waals surface area contributed by atoms with Crippen LogP contribution in [0.1, 0.15) is 39.5 Å². The van der Waals surface area contributed by atoms with Crippen LogP contribution in [0.25, 0.3) is 0 Å². The smallest absolute Gasteiger partial charge is 0.397 e. The van der Waals surface area contributed by atoms with Crippen molar-refractivity contribution >= 4 is 28.9 Å². The first-order valence-corrected chi connectivity index (χ1v) is 9.24. The van der Waals surface area contributed by atoms with Gasteiger partial charge in [-0.05, 0) is 43.3 Å². The molecule has 3 heterocycles. The highest BCUT2D eigenvalue weighted by molar-refractivity contribution is 6.12. The molecule has 3 N–H and O–H groups in total. The van der Waals surface area contributed by atoms with Crippen molar-refractivity contribution in [1.82, 2.24) is 14.8 Å². The number of nitrogens with two attached hydrogens (primary N) is 1. The van der Waals surface area contributed by atoms with Gasteiger partial charge < -0.3 is 16.0 Å². The molecule has 2 aromatic heterocycles. The fraction of sp³-hybridized carbons (Fsp3) is 0.200. The van der Waals surface area contributed by atoms with Gasteiger partial charge in [-0.1, -0.05) is 0 Å². The number of nitrogens with one attached hydrogen (secondary N) is 1. The summed E-state index contributed by atoms with van der Waals surface area (Å²) < 4.78 is 40.0. The molecule has 31 heavy (non-hydrogen) atoms. The average molecular weight is 430 g/mol. The summed E-state index contributed by atoms with van der Waals surface area (Å²) in [4.78, 5) is 30.9. The fourth-order valence-corrected chi connectivity index (χ4v) is 3.33. The molecule has 8 nitrogen and oxygen atoms in total. The summed E-state index contributed by atoms with van der Waals surface area (Å²) in [6.45, 7) is 2.03. The quantitative estimate of drug-likeness (QED) is 0.663. The molecule has 0 radical (unpaired) electrons. The number of amides is 2. The van der Waals surface area contributed by atoms with Gasteiger partial charge in [0.25, 0.3) is 11.8 Å². The van der Waals surface area contributed by atoms with Crippen molar-refractivity contribution in [3.63, 3.8) is 0 Å². The number of hydrogen-bond donors (Lipinski definition) is 2. The first-order valence-electron chi connectivity index (χ1n) is 9.24. The van der Waals surface area contributed by atoms with E-state index in [1.807, 2.05) is 6.92 Å². The lowest BCUT2D eigenvalue weighted by Gasteiger charge is -2.32. The second-order valence-corrected chi connectivity index (χ2v) is 7.09. The predicted octanol–water partition coefficient (Wildman–Crippen LogP) is 3.35. The maximum Gasteiger partial charge on any atom is 0.416 e. The topological polar surface area (TPSA) is 106 Å². The van der Waals surface area contributed by atoms with Crippen molar-refractivity contribution < 1.29 is 22.8 Å². The number of nitrogens with zero attached hydrogens (tertiary/aromatic N) is 4. The van der Waals surface area contributed by atoms with Crippen LogP contribution in [0.3, 0.4) is 0 Å². The highest BCUT2D eigenvalue weighted by Gasteiger charge is 2.35. The molecule has 11 heteroatoms. The molecular formula is C20H17F3N6O2. The molecule has 0 fully saturated rings. The molecule has 1 atom stereocenters. The molecule has 3 aromatic rings. The zero-order valence-corrected chi connectivity index (χ0v) is 16.2. The van der Waals surface area contributed by atoms with E-state index in [-0.39, 0.29) is 29.7 Å². The van der Waals surface area contributed by atoms with Crippen LogP contribution in [0, 0.1) is 0 Å². The zero-order valence-electron chi connectivity index (χ0n) is 16.2. The lowest BCUT2D eigenvalue weighted by Crippen LogP contribution is -2.43. The van der Waals surface area contributed by atoms with Crippen molar-refractivity contribution in [1.29, 1.82) is 0 Å². The van der Waals surface area contributed by atoms with E-state index >= 15 is 0 Å². The van der Waals surface area contributed by atoms with Crippen molar-refractivity contribution in [2.24, 2.45) is 0 Å². The molecule has 0 spiro atoms. The van der Waals surface area contributed by atoms with Gasteiger partial charge in [-0.25, -0.2) is 4.98 Å². The van der Waals surface area contributed by atoms with Crippen molar-refractivity contribution in [3.05, 3.63) is 65.7 Å². The summed E-state index contributed by atoms with van der Waals surface area (Å²) in [5.74, 6) is -1.04. The minimum absolute atomic E-state index is 0.102. The lowest BCUT2D eigenvalue weighted by atomic mass is 10.1. The monoisotopic (exact) mass is 430 g/mol. The maximum absolute atomic E-state index is 13.1. The number of benzene rings is 1. The van der Waals surface area contributed by atoms with E-state index in [1.54, 1.807) is 0 Å². The van der Waals surface area contributed by atoms with Crippen LogP contribution in [0.15, 0.2) is 48.8 Å². The van der Waals surface area contributed by atoms with Gasteiger partial charge in [0.05, 0.1) is 35.4 Å². The third-order valence-corrected chi connectivity index (χ3v) is 4.88. The number of alkyl halides is 3. The lowest BCUT2D eigenvalue weighted by molar-refractivity contribution is -0.137. The van der Waals surface area contributed by atoms with Crippen LogP contribution >= 0.6 is 0 Å². The average Bonchev–Trinajstić information content (AvgIpc) is 3.15. The summed E-state index contributed by atoms with van der Waals surface area (Å²) in [7, 11) is 0. The van der Waals surface area contributed by atoms with E-state index in [1.165, 1.54) is 46.2 Å². The van der Waals surface area contributed by atoms with E-state index in [4.69, 9.17) is 5.73 Å². The number of hydrogen-bond acceptors (Lipinski definition) is 5. The fourth-order valence-electron chi connectivity index (χ4n) is 3.33. The van der Waals surface area contributed by atoms with E-state index in [2.05, 4.69) is 15.4 Å². The second-order valence-electron chi connectivity index (χ2n) is 7.09. The van der Waals surface area contributed by atoms with Crippen molar-refractivity contribution in [3.8, 4) is 0 Å². The number of anilines is 3. The van der Waals surface area contributed by atoms with Gasteiger partial charge in [0.15, 0.2) is 5.69 Å². The van der Waals surface area contributed by atoms with E-state index in [9.17, 15) is 22.8 Å². The normalized spacial score (nSPS) is 16.2. The van der Waals surface area contributed by atoms with Gasteiger partial charge in [-0.3, -0.25) is 14.3 Å². The number of rotatable bonds is 3. The van der Waals surface area contributed by atoms with Gasteiger partial charge >= 0.3 is 6.18 Å². The van der Waals surface area contributed by atoms with Crippen molar-refractivity contribution in [2.75, 3.05) is 22.5 Å². The highest BCUT2D eigenvalue weighted by Crippen LogP contribution is 2.33. The first kappa shape index (κ1) is 20.4. The Kier molecular flexibility index (Phi) is 4.88. The molecule has 0 saturated carbocycles. The summed E-state index contributed by atoms with van der Waals surface area (Å²) >= 11 is 0. The van der Waals surface area contributed by atoms with Crippen LogP contribution in [0.2, 0.25) is 0 Å². The Hall–Kier alpha value is -3.89. The van der Waals surface area contributed by atoms with E-state index in [0.717, 1.165) is 12.1 Å². The molecule has 0 aliphatic carbocycles. The van der Waals surface area contributed by atoms with Gasteiger partial charge in [0.2, 0.25) is 0 Å². The molecule has 1 aromatic carbocycles. The molecule has 4 rings (SSSR count). The Labute approximate surface area is 174 Å². The van der Waals surface area contributed by atoms with Gasteiger partial charge in [0, 0.05) is 12.2 Å². The number of halogens is 3. The molecule has 2 amide bonds. The Morgan fingerprint density at radius 1 is 1.16 bits per heavy atom. The van der Waals surface area contributed by atoms with Crippen LogP contribution in [-0.4, -0.2) is 33.1 Å². The standard InChI is InChI=1S/C20H17F3N6O2/c1-11-10-28(14-5-2-12(3-6-14)20(21,22)23)19(31)17-16(9-26-29(11)17)27-18(30)15-7-4-13(24)8-25-15/h2-9,11H,10,24H2,1H3,(H,27,30)/t11-/m0/s1. The number of pyridine rings is 1. The molecule has 0 unspecified atom stereocenters. The molecule has 160 valence electrons. The number of carbonyl (C=O) groups is 2. The third kappa shape index (κ3) is 3.81. The minimum Gasteiger partial charge on any atom is -0.397 e. The Morgan fingerprint density at radius 3 is 2.48 bits per heavy atom. The van der Waals surface area contributed by atoms with Crippen molar-refractivity contribution in [2.45, 2.75) is 19.1 Å². The number of nitrogen functional groups attached to an aromatic ring is 1. The third-order valence-electron chi connectivity index (χ3n) is 4.88. The molecule has 1 aliphatic heterocycles. The number of carbonyl (C=O) groups excluding carboxylic acids is 2. The minimum atomic E-state index is -4.47. The molecule has 1 aliphatic rings. The Balaban J connectivity index is 1.62. The Morgan fingerprint density at radius 2 is 1.87 bits per heavy atom. The van der Waals surface area contributed by atoms with Gasteiger partial charge in [0.1, 0.15) is 5.69 Å². The molecular weight excluding hydrogens is 413 g/mol. The number of aromatic nitrogens is 3. The summed E-state index contributed by atoms with van der Waals surface area (Å²) in [6, 6.07) is 7.04. The highest BCUT2D eigenvalue weighted by atomic mass is 19.4. The van der Waals surface area contributed by atoms with Crippen LogP contribution < -0.4 is 16.0 Å². The maximum atomic E-state index is 13.1.